The van der Waals surface area contributed by atoms with Gasteiger partial charge in [0.2, 0.25) is 5.91 Å². The van der Waals surface area contributed by atoms with Crippen LogP contribution < -0.4 is 10.2 Å². The minimum atomic E-state index is -0.155. The molecule has 1 amide bonds. The van der Waals surface area contributed by atoms with E-state index in [4.69, 9.17) is 0 Å². The Bertz CT molecular complexity index is 772. The first-order valence-corrected chi connectivity index (χ1v) is 11.7. The van der Waals surface area contributed by atoms with E-state index in [1.165, 1.54) is 30.5 Å². The van der Waals surface area contributed by atoms with Crippen molar-refractivity contribution in [1.82, 2.24) is 4.90 Å². The van der Waals surface area contributed by atoms with E-state index >= 15 is 0 Å². The Labute approximate surface area is 177 Å². The highest BCUT2D eigenvalue weighted by Crippen LogP contribution is 2.64. The third kappa shape index (κ3) is 3.28. The van der Waals surface area contributed by atoms with E-state index in [1.807, 2.05) is 0 Å². The number of piperazine rings is 1. The summed E-state index contributed by atoms with van der Waals surface area (Å²) in [6, 6.07) is 6.46. The molecule has 4 bridgehead atoms. The van der Waals surface area contributed by atoms with Crippen LogP contribution >= 0.6 is 15.9 Å². The lowest BCUT2D eigenvalue weighted by Crippen LogP contribution is -2.57. The largest absolute Gasteiger partial charge is 0.369 e. The zero-order valence-corrected chi connectivity index (χ0v) is 18.7. The Hall–Kier alpha value is -1.07. The number of carbonyl (C=O) groups excluding carboxylic acids is 1. The van der Waals surface area contributed by atoms with Crippen LogP contribution in [0.25, 0.3) is 0 Å². The van der Waals surface area contributed by atoms with Crippen LogP contribution in [0.4, 0.5) is 11.4 Å². The molecule has 1 aliphatic heterocycles. The number of hydrogen-bond acceptors (Lipinski definition) is 3. The fourth-order valence-electron chi connectivity index (χ4n) is 6.82. The van der Waals surface area contributed by atoms with Gasteiger partial charge in [0.1, 0.15) is 0 Å². The van der Waals surface area contributed by atoms with Gasteiger partial charge in [-0.2, -0.15) is 0 Å². The van der Waals surface area contributed by atoms with Crippen LogP contribution in [0.3, 0.4) is 0 Å². The first-order chi connectivity index (χ1) is 13.3. The molecule has 2 atom stereocenters. The van der Waals surface area contributed by atoms with Gasteiger partial charge >= 0.3 is 0 Å². The molecule has 0 radical (unpaired) electrons. The molecule has 0 spiro atoms. The molecule has 4 aliphatic carbocycles. The van der Waals surface area contributed by atoms with Crippen LogP contribution in [-0.4, -0.2) is 48.4 Å². The number of amides is 1. The molecule has 28 heavy (non-hydrogen) atoms. The summed E-state index contributed by atoms with van der Waals surface area (Å²) in [5.74, 6) is 1.72. The monoisotopic (exact) mass is 445 g/mol. The third-order valence-corrected chi connectivity index (χ3v) is 8.70. The van der Waals surface area contributed by atoms with Gasteiger partial charge in [-0.15, -0.1) is 0 Å². The number of rotatable bonds is 3. The zero-order chi connectivity index (χ0) is 19.5. The molecule has 0 aromatic heterocycles. The van der Waals surface area contributed by atoms with E-state index in [0.29, 0.717) is 0 Å². The minimum absolute atomic E-state index is 0.155. The number of halogens is 1. The van der Waals surface area contributed by atoms with Crippen LogP contribution in [0.2, 0.25) is 0 Å². The summed E-state index contributed by atoms with van der Waals surface area (Å²) >= 11 is 4.03. The van der Waals surface area contributed by atoms with Crippen LogP contribution in [0.15, 0.2) is 18.2 Å². The molecule has 1 aromatic rings. The molecular formula is C23H32BrN3O. The van der Waals surface area contributed by atoms with Gasteiger partial charge < -0.3 is 15.1 Å². The number of nitrogens with one attached hydrogen (secondary N) is 1. The number of alkyl halides is 1. The van der Waals surface area contributed by atoms with Crippen LogP contribution in [-0.2, 0) is 4.79 Å². The molecule has 1 aromatic carbocycles. The van der Waals surface area contributed by atoms with Crippen LogP contribution in [0, 0.1) is 24.2 Å². The maximum Gasteiger partial charge on any atom is 0.230 e. The summed E-state index contributed by atoms with van der Waals surface area (Å²) in [7, 11) is 2.18. The molecule has 4 nitrogen and oxygen atoms in total. The van der Waals surface area contributed by atoms with Crippen LogP contribution in [0.5, 0.6) is 0 Å². The summed E-state index contributed by atoms with van der Waals surface area (Å²) in [5.41, 5.74) is 3.36. The molecule has 5 fully saturated rings. The van der Waals surface area contributed by atoms with Gasteiger partial charge in [0, 0.05) is 41.9 Å². The van der Waals surface area contributed by atoms with Crippen molar-refractivity contribution in [2.75, 3.05) is 43.4 Å². The van der Waals surface area contributed by atoms with Crippen molar-refractivity contribution in [1.29, 1.82) is 0 Å². The Balaban J connectivity index is 1.31. The normalized spacial score (nSPS) is 37.3. The number of hydrogen-bond donors (Lipinski definition) is 1. The van der Waals surface area contributed by atoms with E-state index in [0.717, 1.165) is 63.0 Å². The van der Waals surface area contributed by atoms with Crippen molar-refractivity contribution in [2.45, 2.75) is 49.8 Å². The summed E-state index contributed by atoms with van der Waals surface area (Å²) in [6.45, 7) is 6.53. The van der Waals surface area contributed by atoms with Crippen molar-refractivity contribution in [3.8, 4) is 0 Å². The molecule has 5 heteroatoms. The fourth-order valence-corrected chi connectivity index (χ4v) is 8.27. The number of carbonyl (C=O) groups is 1. The number of benzene rings is 1. The van der Waals surface area contributed by atoms with E-state index in [9.17, 15) is 4.79 Å². The van der Waals surface area contributed by atoms with Gasteiger partial charge in [-0.05, 0) is 88.1 Å². The van der Waals surface area contributed by atoms with Crippen molar-refractivity contribution in [3.05, 3.63) is 23.8 Å². The van der Waals surface area contributed by atoms with Crippen molar-refractivity contribution < 1.29 is 4.79 Å². The fraction of sp³-hybridized carbons (Fsp3) is 0.696. The van der Waals surface area contributed by atoms with Gasteiger partial charge in [-0.25, -0.2) is 0 Å². The Morgan fingerprint density at radius 2 is 1.79 bits per heavy atom. The molecule has 1 heterocycles. The third-order valence-electron chi connectivity index (χ3n) is 7.77. The quantitative estimate of drug-likeness (QED) is 0.699. The van der Waals surface area contributed by atoms with E-state index < -0.39 is 0 Å². The number of likely N-dealkylation sites (N-methyl/N-ethyl adjacent to an activating group) is 1. The zero-order valence-electron chi connectivity index (χ0n) is 17.1. The molecule has 1 N–H and O–H groups in total. The molecule has 1 saturated heterocycles. The highest BCUT2D eigenvalue weighted by Gasteiger charge is 2.59. The maximum atomic E-state index is 13.4. The highest BCUT2D eigenvalue weighted by molar-refractivity contribution is 9.10. The highest BCUT2D eigenvalue weighted by atomic mass is 79.9. The van der Waals surface area contributed by atoms with Crippen molar-refractivity contribution in [3.63, 3.8) is 0 Å². The molecule has 2 unspecified atom stereocenters. The predicted molar refractivity (Wildman–Crippen MR) is 118 cm³/mol. The van der Waals surface area contributed by atoms with Gasteiger partial charge in [0.05, 0.1) is 5.41 Å². The average molecular weight is 446 g/mol. The van der Waals surface area contributed by atoms with Crippen molar-refractivity contribution >= 4 is 33.2 Å². The Morgan fingerprint density at radius 1 is 1.11 bits per heavy atom. The number of anilines is 2. The lowest BCUT2D eigenvalue weighted by atomic mass is 9.49. The van der Waals surface area contributed by atoms with Gasteiger partial charge in [0.25, 0.3) is 0 Å². The molecule has 5 aliphatic rings. The minimum Gasteiger partial charge on any atom is -0.369 e. The summed E-state index contributed by atoms with van der Waals surface area (Å²) in [5, 5.41) is 3.31. The SMILES string of the molecule is Cc1cc(NC(=O)C23CC4CC(CC(Br)(C4)C2)C3)ccc1N1CCN(C)CC1. The predicted octanol–water partition coefficient (Wildman–Crippen LogP) is 4.42. The Morgan fingerprint density at radius 3 is 2.39 bits per heavy atom. The van der Waals surface area contributed by atoms with E-state index in [-0.39, 0.29) is 15.6 Å². The smallest absolute Gasteiger partial charge is 0.230 e. The second kappa shape index (κ2) is 6.73. The summed E-state index contributed by atoms with van der Waals surface area (Å²) in [6.07, 6.45) is 7.04. The van der Waals surface area contributed by atoms with E-state index in [2.05, 4.69) is 63.2 Å². The maximum absolute atomic E-state index is 13.4. The van der Waals surface area contributed by atoms with Gasteiger partial charge in [-0.1, -0.05) is 15.9 Å². The van der Waals surface area contributed by atoms with Crippen molar-refractivity contribution in [2.24, 2.45) is 17.3 Å². The molecule has 152 valence electrons. The molecule has 6 rings (SSSR count). The van der Waals surface area contributed by atoms with Crippen LogP contribution in [0.1, 0.15) is 44.1 Å². The number of aryl methyl sites for hydroxylation is 1. The summed E-state index contributed by atoms with van der Waals surface area (Å²) in [4.78, 5) is 18.2. The van der Waals surface area contributed by atoms with Gasteiger partial charge in [0.15, 0.2) is 0 Å². The van der Waals surface area contributed by atoms with E-state index in [1.54, 1.807) is 0 Å². The molecule has 4 saturated carbocycles. The second-order valence-electron chi connectivity index (χ2n) is 10.1. The first-order valence-electron chi connectivity index (χ1n) is 10.9. The average Bonchev–Trinajstić information content (AvgIpc) is 2.61. The molecular weight excluding hydrogens is 414 g/mol. The lowest BCUT2D eigenvalue weighted by molar-refractivity contribution is -0.138. The second-order valence-corrected chi connectivity index (χ2v) is 11.8. The first kappa shape index (κ1) is 18.9. The lowest BCUT2D eigenvalue weighted by Gasteiger charge is -2.59. The summed E-state index contributed by atoms with van der Waals surface area (Å²) < 4.78 is 0.218. The van der Waals surface area contributed by atoms with Gasteiger partial charge in [-0.3, -0.25) is 4.79 Å². The number of nitrogens with zero attached hydrogens (tertiary/aromatic N) is 2. The Kier molecular flexibility index (Phi) is 4.55. The standard InChI is InChI=1S/C23H32BrN3O/c1-16-9-19(3-4-20(16)27-7-5-26(2)6-8-27)25-21(28)22-11-17-10-18(12-22)14-23(24,13-17)15-22/h3-4,9,17-18H,5-8,10-15H2,1-2H3,(H,25,28). The topological polar surface area (TPSA) is 35.6 Å².